The van der Waals surface area contributed by atoms with E-state index in [1.54, 1.807) is 0 Å². The SMILES string of the molecule is C=CC(=O)Nc1cc(NC(=O)OCc2ccccc2)ccc1F. The summed E-state index contributed by atoms with van der Waals surface area (Å²) in [6.45, 7) is 3.41. The third kappa shape index (κ3) is 4.96. The van der Waals surface area contributed by atoms with E-state index in [4.69, 9.17) is 4.74 Å². The summed E-state index contributed by atoms with van der Waals surface area (Å²) in [6, 6.07) is 13.0. The molecule has 2 rings (SSSR count). The molecule has 23 heavy (non-hydrogen) atoms. The lowest BCUT2D eigenvalue weighted by Gasteiger charge is -2.09. The zero-order valence-electron chi connectivity index (χ0n) is 12.2. The Hall–Kier alpha value is -3.15. The molecule has 0 atom stereocenters. The Bertz CT molecular complexity index is 717. The van der Waals surface area contributed by atoms with Gasteiger partial charge in [0.05, 0.1) is 5.69 Å². The fourth-order valence-corrected chi connectivity index (χ4v) is 1.76. The first-order valence-electron chi connectivity index (χ1n) is 6.79. The number of ether oxygens (including phenoxy) is 1. The molecule has 0 aliphatic rings. The highest BCUT2D eigenvalue weighted by molar-refractivity contribution is 5.99. The van der Waals surface area contributed by atoms with Crippen molar-refractivity contribution in [1.82, 2.24) is 0 Å². The summed E-state index contributed by atoms with van der Waals surface area (Å²) in [4.78, 5) is 22.9. The molecule has 0 aliphatic carbocycles. The molecule has 6 heteroatoms. The van der Waals surface area contributed by atoms with Crippen LogP contribution in [0.15, 0.2) is 61.2 Å². The van der Waals surface area contributed by atoms with Gasteiger partial charge in [0.25, 0.3) is 0 Å². The quantitative estimate of drug-likeness (QED) is 0.827. The Kier molecular flexibility index (Phi) is 5.46. The van der Waals surface area contributed by atoms with Crippen molar-refractivity contribution in [2.45, 2.75) is 6.61 Å². The van der Waals surface area contributed by atoms with Crippen molar-refractivity contribution >= 4 is 23.4 Å². The Morgan fingerprint density at radius 1 is 1.13 bits per heavy atom. The number of amides is 2. The molecule has 0 spiro atoms. The summed E-state index contributed by atoms with van der Waals surface area (Å²) >= 11 is 0. The van der Waals surface area contributed by atoms with E-state index in [-0.39, 0.29) is 12.3 Å². The molecular formula is C17H15FN2O3. The molecule has 0 bridgehead atoms. The van der Waals surface area contributed by atoms with Crippen LogP contribution >= 0.6 is 0 Å². The van der Waals surface area contributed by atoms with Gasteiger partial charge in [-0.1, -0.05) is 36.9 Å². The van der Waals surface area contributed by atoms with Crippen LogP contribution in [-0.2, 0) is 16.1 Å². The van der Waals surface area contributed by atoms with Crippen molar-refractivity contribution in [3.8, 4) is 0 Å². The average molecular weight is 314 g/mol. The number of nitrogens with one attached hydrogen (secondary N) is 2. The van der Waals surface area contributed by atoms with Gasteiger partial charge >= 0.3 is 6.09 Å². The Morgan fingerprint density at radius 2 is 1.87 bits per heavy atom. The summed E-state index contributed by atoms with van der Waals surface area (Å²) in [6.07, 6.45) is 0.342. The number of hydrogen-bond donors (Lipinski definition) is 2. The van der Waals surface area contributed by atoms with Crippen molar-refractivity contribution in [3.05, 3.63) is 72.6 Å². The first-order chi connectivity index (χ1) is 11.1. The normalized spacial score (nSPS) is 9.78. The largest absolute Gasteiger partial charge is 0.444 e. The highest BCUT2D eigenvalue weighted by Crippen LogP contribution is 2.20. The molecule has 0 saturated heterocycles. The Balaban J connectivity index is 1.96. The molecule has 0 radical (unpaired) electrons. The maximum absolute atomic E-state index is 13.6. The molecule has 5 nitrogen and oxygen atoms in total. The van der Waals surface area contributed by atoms with Crippen LogP contribution in [0.3, 0.4) is 0 Å². The number of anilines is 2. The van der Waals surface area contributed by atoms with Gasteiger partial charge in [0, 0.05) is 5.69 Å². The third-order valence-electron chi connectivity index (χ3n) is 2.87. The van der Waals surface area contributed by atoms with Crippen LogP contribution in [0.2, 0.25) is 0 Å². The lowest BCUT2D eigenvalue weighted by Crippen LogP contribution is -2.14. The third-order valence-corrected chi connectivity index (χ3v) is 2.87. The second-order valence-corrected chi connectivity index (χ2v) is 4.57. The van der Waals surface area contributed by atoms with Crippen molar-refractivity contribution in [1.29, 1.82) is 0 Å². The molecule has 0 saturated carbocycles. The minimum Gasteiger partial charge on any atom is -0.444 e. The molecule has 0 aliphatic heterocycles. The van der Waals surface area contributed by atoms with E-state index in [1.165, 1.54) is 12.1 Å². The van der Waals surface area contributed by atoms with Crippen LogP contribution in [0.1, 0.15) is 5.56 Å². The molecular weight excluding hydrogens is 299 g/mol. The zero-order valence-corrected chi connectivity index (χ0v) is 12.2. The summed E-state index contributed by atoms with van der Waals surface area (Å²) in [7, 11) is 0. The van der Waals surface area contributed by atoms with E-state index >= 15 is 0 Å². The van der Waals surface area contributed by atoms with Gasteiger partial charge in [-0.2, -0.15) is 0 Å². The van der Waals surface area contributed by atoms with Crippen molar-refractivity contribution in [2.75, 3.05) is 10.6 Å². The first-order valence-corrected chi connectivity index (χ1v) is 6.79. The molecule has 2 aromatic carbocycles. The van der Waals surface area contributed by atoms with E-state index in [1.807, 2.05) is 30.3 Å². The van der Waals surface area contributed by atoms with E-state index in [9.17, 15) is 14.0 Å². The van der Waals surface area contributed by atoms with E-state index in [0.717, 1.165) is 17.7 Å². The van der Waals surface area contributed by atoms with Crippen LogP contribution in [0, 0.1) is 5.82 Å². The minimum absolute atomic E-state index is 0.0595. The van der Waals surface area contributed by atoms with Crippen LogP contribution in [0.5, 0.6) is 0 Å². The number of halogens is 1. The predicted octanol–water partition coefficient (Wildman–Crippen LogP) is 3.70. The fraction of sp³-hybridized carbons (Fsp3) is 0.0588. The maximum atomic E-state index is 13.6. The van der Waals surface area contributed by atoms with Gasteiger partial charge in [0.15, 0.2) is 0 Å². The molecule has 0 unspecified atom stereocenters. The zero-order chi connectivity index (χ0) is 16.7. The second kappa shape index (κ2) is 7.74. The Labute approximate surface area is 132 Å². The number of carbonyl (C=O) groups excluding carboxylic acids is 2. The van der Waals surface area contributed by atoms with Crippen molar-refractivity contribution < 1.29 is 18.7 Å². The van der Waals surface area contributed by atoms with Crippen LogP contribution in [0.4, 0.5) is 20.6 Å². The van der Waals surface area contributed by atoms with Gasteiger partial charge in [-0.25, -0.2) is 9.18 Å². The summed E-state index contributed by atoms with van der Waals surface area (Å²) in [5.41, 5.74) is 1.08. The van der Waals surface area contributed by atoms with Crippen LogP contribution in [-0.4, -0.2) is 12.0 Å². The molecule has 2 N–H and O–H groups in total. The Morgan fingerprint density at radius 3 is 2.57 bits per heavy atom. The number of carbonyl (C=O) groups is 2. The standard InChI is InChI=1S/C17H15FN2O3/c1-2-16(21)20-15-10-13(8-9-14(15)18)19-17(22)23-11-12-6-4-3-5-7-12/h2-10H,1,11H2,(H,19,22)(H,20,21). The van der Waals surface area contributed by atoms with Gasteiger partial charge in [-0.05, 0) is 29.8 Å². The van der Waals surface area contributed by atoms with Gasteiger partial charge in [-0.3, -0.25) is 10.1 Å². The first kappa shape index (κ1) is 16.2. The molecule has 2 amide bonds. The molecule has 118 valence electrons. The minimum atomic E-state index is -0.679. The van der Waals surface area contributed by atoms with E-state index < -0.39 is 17.8 Å². The molecule has 0 fully saturated rings. The van der Waals surface area contributed by atoms with E-state index in [0.29, 0.717) is 5.69 Å². The highest BCUT2D eigenvalue weighted by atomic mass is 19.1. The smallest absolute Gasteiger partial charge is 0.411 e. The lowest BCUT2D eigenvalue weighted by atomic mass is 10.2. The highest BCUT2D eigenvalue weighted by Gasteiger charge is 2.09. The monoisotopic (exact) mass is 314 g/mol. The summed E-state index contributed by atoms with van der Waals surface area (Å²) in [5.74, 6) is -1.17. The maximum Gasteiger partial charge on any atom is 0.411 e. The van der Waals surface area contributed by atoms with Crippen molar-refractivity contribution in [2.24, 2.45) is 0 Å². The number of hydrogen-bond acceptors (Lipinski definition) is 3. The van der Waals surface area contributed by atoms with E-state index in [2.05, 4.69) is 17.2 Å². The summed E-state index contributed by atoms with van der Waals surface area (Å²) in [5, 5.41) is 4.77. The average Bonchev–Trinajstić information content (AvgIpc) is 2.57. The number of rotatable bonds is 5. The van der Waals surface area contributed by atoms with Gasteiger partial charge < -0.3 is 10.1 Å². The van der Waals surface area contributed by atoms with Crippen LogP contribution < -0.4 is 10.6 Å². The topological polar surface area (TPSA) is 67.4 Å². The lowest BCUT2D eigenvalue weighted by molar-refractivity contribution is -0.111. The van der Waals surface area contributed by atoms with Gasteiger partial charge in [-0.15, -0.1) is 0 Å². The van der Waals surface area contributed by atoms with Crippen LogP contribution in [0.25, 0.3) is 0 Å². The predicted molar refractivity (Wildman–Crippen MR) is 85.5 cm³/mol. The molecule has 0 heterocycles. The second-order valence-electron chi connectivity index (χ2n) is 4.57. The molecule has 2 aromatic rings. The summed E-state index contributed by atoms with van der Waals surface area (Å²) < 4.78 is 18.6. The van der Waals surface area contributed by atoms with Crippen molar-refractivity contribution in [3.63, 3.8) is 0 Å². The fourth-order valence-electron chi connectivity index (χ4n) is 1.76. The molecule has 0 aromatic heterocycles. The van der Waals surface area contributed by atoms with Gasteiger partial charge in [0.1, 0.15) is 12.4 Å². The van der Waals surface area contributed by atoms with Gasteiger partial charge in [0.2, 0.25) is 5.91 Å². The number of benzene rings is 2.